The third-order valence-electron chi connectivity index (χ3n) is 3.18. The smallest absolute Gasteiger partial charge is 0.321 e. The zero-order valence-corrected chi connectivity index (χ0v) is 10.1. The van der Waals surface area contributed by atoms with E-state index in [4.69, 9.17) is 9.26 Å². The van der Waals surface area contributed by atoms with Gasteiger partial charge in [0.15, 0.2) is 5.82 Å². The standard InChI is InChI=1S/C11H12N4O3/c1-15-6-5-12-8(15)7-13-9(18-14-7)11(3-4-11)10(16)17-2/h5-6H,3-4H2,1-2H3. The summed E-state index contributed by atoms with van der Waals surface area (Å²) in [4.78, 5) is 20.1. The molecule has 1 saturated carbocycles. The summed E-state index contributed by atoms with van der Waals surface area (Å²) in [6, 6.07) is 0. The van der Waals surface area contributed by atoms with E-state index >= 15 is 0 Å². The van der Waals surface area contributed by atoms with Crippen LogP contribution in [-0.4, -0.2) is 32.8 Å². The molecule has 0 radical (unpaired) electrons. The van der Waals surface area contributed by atoms with E-state index in [9.17, 15) is 4.79 Å². The molecule has 0 bridgehead atoms. The van der Waals surface area contributed by atoms with Crippen LogP contribution < -0.4 is 0 Å². The fourth-order valence-corrected chi connectivity index (χ4v) is 1.92. The van der Waals surface area contributed by atoms with E-state index in [0.29, 0.717) is 30.4 Å². The molecule has 0 atom stereocenters. The molecule has 7 heteroatoms. The number of carbonyl (C=O) groups excluding carboxylic acids is 1. The van der Waals surface area contributed by atoms with Gasteiger partial charge in [-0.3, -0.25) is 4.79 Å². The quantitative estimate of drug-likeness (QED) is 0.742. The summed E-state index contributed by atoms with van der Waals surface area (Å²) < 4.78 is 11.7. The van der Waals surface area contributed by atoms with Crippen molar-refractivity contribution in [2.45, 2.75) is 18.3 Å². The van der Waals surface area contributed by atoms with Crippen LogP contribution in [0.3, 0.4) is 0 Å². The fourth-order valence-electron chi connectivity index (χ4n) is 1.92. The van der Waals surface area contributed by atoms with Crippen molar-refractivity contribution in [3.63, 3.8) is 0 Å². The van der Waals surface area contributed by atoms with Gasteiger partial charge in [0.1, 0.15) is 5.41 Å². The lowest BCUT2D eigenvalue weighted by Crippen LogP contribution is -2.22. The summed E-state index contributed by atoms with van der Waals surface area (Å²) in [5, 5.41) is 3.87. The first-order chi connectivity index (χ1) is 8.67. The maximum atomic E-state index is 11.7. The monoisotopic (exact) mass is 248 g/mol. The number of aryl methyl sites for hydroxylation is 1. The molecule has 0 amide bonds. The first-order valence-electron chi connectivity index (χ1n) is 5.58. The molecule has 1 aliphatic carbocycles. The predicted molar refractivity (Wildman–Crippen MR) is 59.4 cm³/mol. The van der Waals surface area contributed by atoms with Gasteiger partial charge in [-0.25, -0.2) is 4.98 Å². The average molecular weight is 248 g/mol. The van der Waals surface area contributed by atoms with Gasteiger partial charge in [-0.2, -0.15) is 4.98 Å². The maximum Gasteiger partial charge on any atom is 0.321 e. The first kappa shape index (κ1) is 10.9. The number of aromatic nitrogens is 4. The van der Waals surface area contributed by atoms with Crippen molar-refractivity contribution in [1.82, 2.24) is 19.7 Å². The second-order valence-electron chi connectivity index (χ2n) is 4.36. The summed E-state index contributed by atoms with van der Waals surface area (Å²) in [6.07, 6.45) is 4.81. The summed E-state index contributed by atoms with van der Waals surface area (Å²) in [7, 11) is 3.20. The van der Waals surface area contributed by atoms with Gasteiger partial charge in [-0.05, 0) is 12.8 Å². The van der Waals surface area contributed by atoms with E-state index < -0.39 is 5.41 Å². The van der Waals surface area contributed by atoms with E-state index in [1.54, 1.807) is 17.0 Å². The zero-order valence-electron chi connectivity index (χ0n) is 10.1. The number of hydrogen-bond acceptors (Lipinski definition) is 6. The van der Waals surface area contributed by atoms with Crippen LogP contribution >= 0.6 is 0 Å². The molecule has 0 spiro atoms. The van der Waals surface area contributed by atoms with Gasteiger partial charge in [-0.1, -0.05) is 5.16 Å². The molecule has 0 N–H and O–H groups in total. The number of ether oxygens (including phenoxy) is 1. The topological polar surface area (TPSA) is 83.0 Å². The maximum absolute atomic E-state index is 11.7. The molecule has 1 aliphatic rings. The normalized spacial score (nSPS) is 16.6. The van der Waals surface area contributed by atoms with Crippen LogP contribution in [0.5, 0.6) is 0 Å². The Kier molecular flexibility index (Phi) is 2.22. The van der Waals surface area contributed by atoms with Crippen LogP contribution in [0, 0.1) is 0 Å². The number of rotatable bonds is 3. The third kappa shape index (κ3) is 1.43. The molecule has 0 aliphatic heterocycles. The third-order valence-corrected chi connectivity index (χ3v) is 3.18. The minimum absolute atomic E-state index is 0.312. The average Bonchev–Trinajstić information content (AvgIpc) is 2.83. The molecular formula is C11H12N4O3. The Hall–Kier alpha value is -2.18. The van der Waals surface area contributed by atoms with Crippen molar-refractivity contribution in [3.8, 4) is 11.6 Å². The fraction of sp³-hybridized carbons (Fsp3) is 0.455. The van der Waals surface area contributed by atoms with E-state index in [1.165, 1.54) is 7.11 Å². The minimum atomic E-state index is -0.731. The van der Waals surface area contributed by atoms with Crippen LogP contribution in [0.15, 0.2) is 16.9 Å². The van der Waals surface area contributed by atoms with Crippen molar-refractivity contribution in [2.24, 2.45) is 7.05 Å². The summed E-state index contributed by atoms with van der Waals surface area (Å²) in [6.45, 7) is 0. The molecule has 0 unspecified atom stereocenters. The lowest BCUT2D eigenvalue weighted by atomic mass is 10.1. The Morgan fingerprint density at radius 3 is 2.89 bits per heavy atom. The van der Waals surface area contributed by atoms with Crippen LogP contribution in [0.1, 0.15) is 18.7 Å². The van der Waals surface area contributed by atoms with E-state index in [0.717, 1.165) is 0 Å². The molecule has 0 saturated heterocycles. The number of carbonyl (C=O) groups is 1. The van der Waals surface area contributed by atoms with E-state index in [1.807, 2.05) is 7.05 Å². The highest BCUT2D eigenvalue weighted by Gasteiger charge is 2.57. The largest absolute Gasteiger partial charge is 0.468 e. The Labute approximate surface area is 103 Å². The van der Waals surface area contributed by atoms with Gasteiger partial charge in [0.2, 0.25) is 11.7 Å². The summed E-state index contributed by atoms with van der Waals surface area (Å²) in [5.41, 5.74) is -0.731. The summed E-state index contributed by atoms with van der Waals surface area (Å²) >= 11 is 0. The van der Waals surface area contributed by atoms with E-state index in [2.05, 4.69) is 15.1 Å². The van der Waals surface area contributed by atoms with Crippen LogP contribution in [0.2, 0.25) is 0 Å². The number of hydrogen-bond donors (Lipinski definition) is 0. The van der Waals surface area contributed by atoms with Gasteiger partial charge in [0.25, 0.3) is 0 Å². The van der Waals surface area contributed by atoms with Crippen molar-refractivity contribution in [1.29, 1.82) is 0 Å². The van der Waals surface area contributed by atoms with Crippen LogP contribution in [0.25, 0.3) is 11.6 Å². The van der Waals surface area contributed by atoms with Crippen molar-refractivity contribution >= 4 is 5.97 Å². The molecule has 18 heavy (non-hydrogen) atoms. The van der Waals surface area contributed by atoms with Gasteiger partial charge < -0.3 is 13.8 Å². The van der Waals surface area contributed by atoms with Crippen LogP contribution in [0.4, 0.5) is 0 Å². The molecule has 0 aromatic carbocycles. The van der Waals surface area contributed by atoms with Crippen LogP contribution in [-0.2, 0) is 22.0 Å². The highest BCUT2D eigenvalue weighted by Crippen LogP contribution is 2.48. The number of esters is 1. The highest BCUT2D eigenvalue weighted by molar-refractivity contribution is 5.85. The Morgan fingerprint density at radius 2 is 2.33 bits per heavy atom. The molecule has 2 aromatic rings. The minimum Gasteiger partial charge on any atom is -0.468 e. The molecule has 94 valence electrons. The Bertz CT molecular complexity index is 597. The highest BCUT2D eigenvalue weighted by atomic mass is 16.5. The Balaban J connectivity index is 1.96. The van der Waals surface area contributed by atoms with Gasteiger partial charge in [0, 0.05) is 19.4 Å². The SMILES string of the molecule is COC(=O)C1(c2nc(-c3nccn3C)no2)CC1. The van der Waals surface area contributed by atoms with Gasteiger partial charge >= 0.3 is 5.97 Å². The van der Waals surface area contributed by atoms with Gasteiger partial charge in [-0.15, -0.1) is 0 Å². The number of imidazole rings is 1. The second kappa shape index (κ2) is 3.66. The van der Waals surface area contributed by atoms with Crippen molar-refractivity contribution in [2.75, 3.05) is 7.11 Å². The van der Waals surface area contributed by atoms with Gasteiger partial charge in [0.05, 0.1) is 7.11 Å². The lowest BCUT2D eigenvalue weighted by molar-refractivity contribution is -0.144. The van der Waals surface area contributed by atoms with Crippen molar-refractivity contribution < 1.29 is 14.1 Å². The Morgan fingerprint density at radius 1 is 1.56 bits per heavy atom. The number of methoxy groups -OCH3 is 1. The van der Waals surface area contributed by atoms with Crippen molar-refractivity contribution in [3.05, 3.63) is 18.3 Å². The molecular weight excluding hydrogens is 236 g/mol. The molecule has 1 fully saturated rings. The lowest BCUT2D eigenvalue weighted by Gasteiger charge is -2.05. The zero-order chi connectivity index (χ0) is 12.8. The molecule has 2 heterocycles. The molecule has 3 rings (SSSR count). The number of nitrogens with zero attached hydrogens (tertiary/aromatic N) is 4. The second-order valence-corrected chi connectivity index (χ2v) is 4.36. The molecule has 7 nitrogen and oxygen atoms in total. The predicted octanol–water partition coefficient (Wildman–Crippen LogP) is 0.675. The first-order valence-corrected chi connectivity index (χ1v) is 5.58. The van der Waals surface area contributed by atoms with E-state index in [-0.39, 0.29) is 5.97 Å². The molecule has 2 aromatic heterocycles. The summed E-state index contributed by atoms with van der Waals surface area (Å²) in [5.74, 6) is 0.975.